The second kappa shape index (κ2) is 13.0. The molecule has 0 spiro atoms. The highest BCUT2D eigenvalue weighted by atomic mass is 15.1. The lowest BCUT2D eigenvalue weighted by molar-refractivity contribution is 1.05. The quantitative estimate of drug-likeness (QED) is 0.174. The summed E-state index contributed by atoms with van der Waals surface area (Å²) in [5.41, 5.74) is 11.0. The van der Waals surface area contributed by atoms with E-state index in [1.165, 1.54) is 10.8 Å². The molecule has 0 saturated heterocycles. The second-order valence-corrected chi connectivity index (χ2v) is 15.5. The normalized spacial score (nSPS) is 11.9. The van der Waals surface area contributed by atoms with Crippen molar-refractivity contribution >= 4 is 76.5 Å². The van der Waals surface area contributed by atoms with Gasteiger partial charge in [0.25, 0.3) is 0 Å². The molecule has 13 aromatic rings. The first-order chi connectivity index (χ1) is 30.3. The topological polar surface area (TPSA) is 66.3 Å². The summed E-state index contributed by atoms with van der Waals surface area (Å²) >= 11 is 0. The lowest BCUT2D eigenvalue weighted by atomic mass is 10.1. The van der Waals surface area contributed by atoms with Gasteiger partial charge in [0.05, 0.1) is 33.1 Å². The van der Waals surface area contributed by atoms with Crippen molar-refractivity contribution in [3.8, 4) is 40.1 Å². The van der Waals surface area contributed by atoms with Gasteiger partial charge in [-0.25, -0.2) is 19.9 Å². The summed E-state index contributed by atoms with van der Waals surface area (Å²) in [7, 11) is 0. The third-order valence-electron chi connectivity index (χ3n) is 12.1. The van der Waals surface area contributed by atoms with Crippen LogP contribution in [0.4, 0.5) is 0 Å². The summed E-state index contributed by atoms with van der Waals surface area (Å²) in [5.74, 6) is 2.99. The Kier molecular flexibility index (Phi) is 7.17. The van der Waals surface area contributed by atoms with Gasteiger partial charge < -0.3 is 4.57 Å². The smallest absolute Gasteiger partial charge is 0.166 e. The van der Waals surface area contributed by atoms with Crippen molar-refractivity contribution in [2.24, 2.45) is 0 Å². The van der Waals surface area contributed by atoms with Crippen molar-refractivity contribution in [1.82, 2.24) is 33.6 Å². The van der Waals surface area contributed by atoms with E-state index < -0.39 is 0 Å². The van der Waals surface area contributed by atoms with Gasteiger partial charge in [-0.2, -0.15) is 0 Å². The van der Waals surface area contributed by atoms with E-state index >= 15 is 0 Å². The fraction of sp³-hybridized carbons (Fsp3) is 0. The molecule has 5 heterocycles. The molecule has 0 aliphatic rings. The van der Waals surface area contributed by atoms with Crippen molar-refractivity contribution in [1.29, 1.82) is 0 Å². The number of para-hydroxylation sites is 6. The molecule has 0 atom stereocenters. The fourth-order valence-corrected chi connectivity index (χ4v) is 9.39. The zero-order valence-electron chi connectivity index (χ0n) is 32.7. The standard InChI is InChI=1S/C54H33N7/c1-3-17-34(18-4-1)51-55-43-26-12-7-24-40(43)53(57-51)60-46-29-15-10-23-39(46)42-33-35(31-32-48(42)60)52-56-49-41-25-11-16-30-47(41)59(36-19-5-2-6-20-36)50(49)54(58-52)61-44-27-13-8-21-37(44)38-22-9-14-28-45(38)61/h1-33H. The minimum absolute atomic E-state index is 0.651. The van der Waals surface area contributed by atoms with Crippen LogP contribution >= 0.6 is 0 Å². The summed E-state index contributed by atoms with van der Waals surface area (Å²) in [4.78, 5) is 21.5. The monoisotopic (exact) mass is 779 g/mol. The van der Waals surface area contributed by atoms with Gasteiger partial charge in [-0.1, -0.05) is 133 Å². The van der Waals surface area contributed by atoms with Crippen LogP contribution in [-0.2, 0) is 0 Å². The van der Waals surface area contributed by atoms with Crippen LogP contribution in [0.1, 0.15) is 0 Å². The average molecular weight is 780 g/mol. The van der Waals surface area contributed by atoms with Crippen molar-refractivity contribution in [3.63, 3.8) is 0 Å². The van der Waals surface area contributed by atoms with Crippen LogP contribution in [-0.4, -0.2) is 33.6 Å². The Morgan fingerprint density at radius 3 is 1.44 bits per heavy atom. The molecule has 7 heteroatoms. The van der Waals surface area contributed by atoms with E-state index in [0.29, 0.717) is 11.6 Å². The van der Waals surface area contributed by atoms with E-state index in [2.05, 4.69) is 190 Å². The highest BCUT2D eigenvalue weighted by molar-refractivity contribution is 6.14. The maximum Gasteiger partial charge on any atom is 0.166 e. The summed E-state index contributed by atoms with van der Waals surface area (Å²) in [5, 5.41) is 6.60. The molecule has 5 aromatic heterocycles. The van der Waals surface area contributed by atoms with Gasteiger partial charge >= 0.3 is 0 Å². The van der Waals surface area contributed by atoms with Crippen LogP contribution in [0.25, 0.3) is 117 Å². The van der Waals surface area contributed by atoms with Gasteiger partial charge in [0.1, 0.15) is 16.9 Å². The number of aromatic nitrogens is 7. The van der Waals surface area contributed by atoms with Gasteiger partial charge in [-0.15, -0.1) is 0 Å². The number of fused-ring (bicyclic) bond motifs is 10. The lowest BCUT2D eigenvalue weighted by Gasteiger charge is -2.14. The first-order valence-electron chi connectivity index (χ1n) is 20.5. The zero-order valence-corrected chi connectivity index (χ0v) is 32.7. The van der Waals surface area contributed by atoms with Gasteiger partial charge in [0, 0.05) is 49.1 Å². The van der Waals surface area contributed by atoms with Gasteiger partial charge in [0.15, 0.2) is 17.5 Å². The molecule has 0 bridgehead atoms. The average Bonchev–Trinajstić information content (AvgIpc) is 3.97. The zero-order chi connectivity index (χ0) is 40.0. The number of benzene rings is 8. The minimum Gasteiger partial charge on any atom is -0.305 e. The van der Waals surface area contributed by atoms with Gasteiger partial charge in [-0.05, 0) is 66.7 Å². The van der Waals surface area contributed by atoms with E-state index in [4.69, 9.17) is 19.9 Å². The van der Waals surface area contributed by atoms with Crippen LogP contribution in [0, 0.1) is 0 Å². The number of hydrogen-bond acceptors (Lipinski definition) is 4. The first kappa shape index (κ1) is 33.5. The molecule has 284 valence electrons. The van der Waals surface area contributed by atoms with Crippen molar-refractivity contribution in [3.05, 3.63) is 200 Å². The highest BCUT2D eigenvalue weighted by Gasteiger charge is 2.25. The SMILES string of the molecule is c1ccc(-c2nc(-n3c4ccccc4c4cc(-c5nc(-n6c7ccccc7c7ccccc76)c6c(n5)c5ccccc5n6-c5ccccc5)ccc43)c3ccccc3n2)cc1. The molecule has 0 aliphatic carbocycles. The third kappa shape index (κ3) is 4.98. The lowest BCUT2D eigenvalue weighted by Crippen LogP contribution is -2.05. The Morgan fingerprint density at radius 1 is 0.295 bits per heavy atom. The van der Waals surface area contributed by atoms with Gasteiger partial charge in [0.2, 0.25) is 0 Å². The molecule has 8 aromatic carbocycles. The van der Waals surface area contributed by atoms with Crippen LogP contribution in [0.15, 0.2) is 200 Å². The van der Waals surface area contributed by atoms with Crippen molar-refractivity contribution < 1.29 is 0 Å². The molecule has 0 saturated carbocycles. The van der Waals surface area contributed by atoms with Crippen LogP contribution in [0.5, 0.6) is 0 Å². The maximum absolute atomic E-state index is 5.64. The Labute approximate surface area is 349 Å². The number of hydrogen-bond donors (Lipinski definition) is 0. The highest BCUT2D eigenvalue weighted by Crippen LogP contribution is 2.41. The van der Waals surface area contributed by atoms with E-state index in [1.807, 2.05) is 24.3 Å². The minimum atomic E-state index is 0.651. The molecule has 13 rings (SSSR count). The maximum atomic E-state index is 5.64. The van der Waals surface area contributed by atoms with E-state index in [0.717, 1.165) is 94.1 Å². The molecule has 0 amide bonds. The molecular weight excluding hydrogens is 747 g/mol. The summed E-state index contributed by atoms with van der Waals surface area (Å²) in [6.45, 7) is 0. The van der Waals surface area contributed by atoms with E-state index in [1.54, 1.807) is 0 Å². The Balaban J connectivity index is 1.12. The van der Waals surface area contributed by atoms with Crippen molar-refractivity contribution in [2.75, 3.05) is 0 Å². The van der Waals surface area contributed by atoms with Crippen LogP contribution in [0.3, 0.4) is 0 Å². The number of rotatable bonds is 5. The van der Waals surface area contributed by atoms with Crippen molar-refractivity contribution in [2.45, 2.75) is 0 Å². The Bertz CT molecular complexity index is 3830. The predicted octanol–water partition coefficient (Wildman–Crippen LogP) is 13.0. The molecule has 61 heavy (non-hydrogen) atoms. The van der Waals surface area contributed by atoms with Gasteiger partial charge in [-0.3, -0.25) is 9.13 Å². The summed E-state index contributed by atoms with van der Waals surface area (Å²) in [6.07, 6.45) is 0. The Morgan fingerprint density at radius 2 is 0.770 bits per heavy atom. The first-order valence-corrected chi connectivity index (χ1v) is 20.5. The molecule has 0 radical (unpaired) electrons. The second-order valence-electron chi connectivity index (χ2n) is 15.5. The molecule has 0 unspecified atom stereocenters. The fourth-order valence-electron chi connectivity index (χ4n) is 9.39. The number of nitrogens with zero attached hydrogens (tertiary/aromatic N) is 7. The molecule has 0 N–H and O–H groups in total. The molecular formula is C54H33N7. The summed E-state index contributed by atoms with van der Waals surface area (Å²) < 4.78 is 6.93. The molecule has 0 fully saturated rings. The largest absolute Gasteiger partial charge is 0.305 e. The third-order valence-corrected chi connectivity index (χ3v) is 12.1. The van der Waals surface area contributed by atoms with E-state index in [-0.39, 0.29) is 0 Å². The van der Waals surface area contributed by atoms with Crippen LogP contribution in [0.2, 0.25) is 0 Å². The molecule has 0 aliphatic heterocycles. The Hall–Kier alpha value is -8.42. The van der Waals surface area contributed by atoms with Crippen LogP contribution < -0.4 is 0 Å². The van der Waals surface area contributed by atoms with E-state index in [9.17, 15) is 0 Å². The molecule has 7 nitrogen and oxygen atoms in total. The predicted molar refractivity (Wildman–Crippen MR) is 249 cm³/mol. The summed E-state index contributed by atoms with van der Waals surface area (Å²) in [6, 6.07) is 70.0.